The molecular weight excluding hydrogens is 466 g/mol. The normalized spacial score (nSPS) is 16.5. The fourth-order valence-electron chi connectivity index (χ4n) is 4.99. The van der Waals surface area contributed by atoms with E-state index in [2.05, 4.69) is 47.1 Å². The van der Waals surface area contributed by atoms with Crippen LogP contribution in [0.2, 0.25) is 0 Å². The van der Waals surface area contributed by atoms with Crippen LogP contribution in [0.4, 0.5) is 5.82 Å². The number of piperidine rings is 1. The average molecular weight is 500 g/mol. The summed E-state index contributed by atoms with van der Waals surface area (Å²) in [6.07, 6.45) is 5.39. The molecule has 192 valence electrons. The molecule has 0 spiro atoms. The van der Waals surface area contributed by atoms with Gasteiger partial charge in [0, 0.05) is 55.8 Å². The van der Waals surface area contributed by atoms with E-state index in [9.17, 15) is 4.79 Å². The summed E-state index contributed by atoms with van der Waals surface area (Å²) in [5.74, 6) is 2.54. The van der Waals surface area contributed by atoms with E-state index < -0.39 is 0 Å². The van der Waals surface area contributed by atoms with E-state index in [1.165, 1.54) is 11.6 Å². The molecule has 5 rings (SSSR count). The highest BCUT2D eigenvalue weighted by Crippen LogP contribution is 2.35. The predicted octanol–water partition coefficient (Wildman–Crippen LogP) is 4.14. The monoisotopic (exact) mass is 499 g/mol. The van der Waals surface area contributed by atoms with Gasteiger partial charge in [0.1, 0.15) is 5.82 Å². The molecule has 0 atom stereocenters. The Labute approximate surface area is 217 Å². The Bertz CT molecular complexity index is 1320. The van der Waals surface area contributed by atoms with Crippen molar-refractivity contribution in [2.75, 3.05) is 45.7 Å². The Hall–Kier alpha value is -3.91. The molecule has 8 heteroatoms. The number of benzene rings is 2. The predicted molar refractivity (Wildman–Crippen MR) is 146 cm³/mol. The molecule has 3 heterocycles. The van der Waals surface area contributed by atoms with Crippen LogP contribution in [0.3, 0.4) is 0 Å². The summed E-state index contributed by atoms with van der Waals surface area (Å²) in [6, 6.07) is 14.7. The number of hydrogen-bond donors (Lipinski definition) is 1. The number of carbonyl (C=O) groups is 1. The summed E-state index contributed by atoms with van der Waals surface area (Å²) in [4.78, 5) is 26.1. The lowest BCUT2D eigenvalue weighted by Crippen LogP contribution is -2.38. The first-order valence-electron chi connectivity index (χ1n) is 12.6. The van der Waals surface area contributed by atoms with Gasteiger partial charge in [-0.3, -0.25) is 9.69 Å². The van der Waals surface area contributed by atoms with Gasteiger partial charge in [0.2, 0.25) is 5.91 Å². The average Bonchev–Trinajstić information content (AvgIpc) is 3.44. The summed E-state index contributed by atoms with van der Waals surface area (Å²) < 4.78 is 11.1. The van der Waals surface area contributed by atoms with Crippen molar-refractivity contribution in [2.24, 2.45) is 0 Å². The van der Waals surface area contributed by atoms with Gasteiger partial charge in [-0.25, -0.2) is 9.97 Å². The van der Waals surface area contributed by atoms with Crippen LogP contribution in [0.1, 0.15) is 24.2 Å². The number of nitrogens with one attached hydrogen (secondary N) is 1. The van der Waals surface area contributed by atoms with E-state index in [-0.39, 0.29) is 5.91 Å². The van der Waals surface area contributed by atoms with Crippen molar-refractivity contribution in [3.05, 3.63) is 72.6 Å². The first-order chi connectivity index (χ1) is 18.1. The molecule has 1 fully saturated rings. The lowest BCUT2D eigenvalue weighted by molar-refractivity contribution is -0.124. The third-order valence-electron chi connectivity index (χ3n) is 7.07. The molecular formula is C29H33N5O3. The van der Waals surface area contributed by atoms with Gasteiger partial charge < -0.3 is 19.7 Å². The number of likely N-dealkylation sites (tertiary alicyclic amines) is 1. The second-order valence-corrected chi connectivity index (χ2v) is 9.45. The largest absolute Gasteiger partial charge is 0.493 e. The Morgan fingerprint density at radius 2 is 1.84 bits per heavy atom. The highest BCUT2D eigenvalue weighted by molar-refractivity contribution is 5.94. The van der Waals surface area contributed by atoms with Crippen molar-refractivity contribution in [1.29, 1.82) is 0 Å². The van der Waals surface area contributed by atoms with Crippen LogP contribution in [0.5, 0.6) is 11.5 Å². The molecule has 1 saturated heterocycles. The molecule has 0 radical (unpaired) electrons. The number of nitrogens with zero attached hydrogens (tertiary/aromatic N) is 4. The van der Waals surface area contributed by atoms with Crippen LogP contribution in [0.15, 0.2) is 61.2 Å². The Morgan fingerprint density at radius 1 is 1.11 bits per heavy atom. The fourth-order valence-corrected chi connectivity index (χ4v) is 4.99. The number of hydrogen-bond acceptors (Lipinski definition) is 7. The van der Waals surface area contributed by atoms with E-state index in [4.69, 9.17) is 19.4 Å². The van der Waals surface area contributed by atoms with Crippen LogP contribution in [-0.4, -0.2) is 72.1 Å². The number of rotatable bonds is 8. The first kappa shape index (κ1) is 24.8. The van der Waals surface area contributed by atoms with Crippen LogP contribution >= 0.6 is 0 Å². The summed E-state index contributed by atoms with van der Waals surface area (Å²) in [5, 5.41) is 4.59. The van der Waals surface area contributed by atoms with Crippen molar-refractivity contribution < 1.29 is 14.3 Å². The zero-order valence-electron chi connectivity index (χ0n) is 21.4. The van der Waals surface area contributed by atoms with Gasteiger partial charge in [-0.15, -0.1) is 0 Å². The van der Waals surface area contributed by atoms with Crippen molar-refractivity contribution in [1.82, 2.24) is 19.8 Å². The lowest BCUT2D eigenvalue weighted by atomic mass is 10.0. The second kappa shape index (κ2) is 11.0. The van der Waals surface area contributed by atoms with E-state index in [1.807, 2.05) is 18.2 Å². The van der Waals surface area contributed by atoms with Gasteiger partial charge in [-0.05, 0) is 30.5 Å². The number of methoxy groups -OCH3 is 2. The van der Waals surface area contributed by atoms with Crippen LogP contribution in [0, 0.1) is 0 Å². The quantitative estimate of drug-likeness (QED) is 0.467. The van der Waals surface area contributed by atoms with Crippen LogP contribution < -0.4 is 14.8 Å². The van der Waals surface area contributed by atoms with E-state index in [1.54, 1.807) is 19.1 Å². The maximum absolute atomic E-state index is 12.1. The number of aromatic nitrogens is 2. The third-order valence-corrected chi connectivity index (χ3v) is 7.07. The molecule has 8 nitrogen and oxygen atoms in total. The highest BCUT2D eigenvalue weighted by Gasteiger charge is 2.24. The Kier molecular flexibility index (Phi) is 7.37. The van der Waals surface area contributed by atoms with Crippen LogP contribution in [-0.2, 0) is 11.3 Å². The Balaban J connectivity index is 1.39. The minimum Gasteiger partial charge on any atom is -0.493 e. The zero-order chi connectivity index (χ0) is 25.8. The molecule has 0 aliphatic carbocycles. The number of amides is 1. The smallest absolute Gasteiger partial charge is 0.246 e. The first-order valence-corrected chi connectivity index (χ1v) is 12.6. The second-order valence-electron chi connectivity index (χ2n) is 9.45. The highest BCUT2D eigenvalue weighted by atomic mass is 16.5. The van der Waals surface area contributed by atoms with E-state index in [0.29, 0.717) is 36.5 Å². The molecule has 37 heavy (non-hydrogen) atoms. The number of ether oxygens (including phenoxy) is 2. The van der Waals surface area contributed by atoms with Gasteiger partial charge in [0.25, 0.3) is 0 Å². The topological polar surface area (TPSA) is 79.8 Å². The Morgan fingerprint density at radius 3 is 2.54 bits per heavy atom. The zero-order valence-corrected chi connectivity index (χ0v) is 21.4. The molecule has 3 aromatic rings. The summed E-state index contributed by atoms with van der Waals surface area (Å²) in [7, 11) is 3.25. The molecule has 1 aromatic heterocycles. The minimum absolute atomic E-state index is 0.0981. The van der Waals surface area contributed by atoms with Crippen LogP contribution in [0.25, 0.3) is 16.5 Å². The van der Waals surface area contributed by atoms with E-state index in [0.717, 1.165) is 54.8 Å². The maximum atomic E-state index is 12.1. The van der Waals surface area contributed by atoms with Crippen molar-refractivity contribution >= 4 is 28.2 Å². The fraction of sp³-hybridized carbons (Fsp3) is 0.345. The molecule has 0 unspecified atom stereocenters. The summed E-state index contributed by atoms with van der Waals surface area (Å²) >= 11 is 0. The molecule has 2 aromatic carbocycles. The van der Waals surface area contributed by atoms with Crippen molar-refractivity contribution in [3.8, 4) is 11.5 Å². The molecule has 1 N–H and O–H groups in total. The van der Waals surface area contributed by atoms with Crippen molar-refractivity contribution in [2.45, 2.75) is 25.4 Å². The van der Waals surface area contributed by atoms with Crippen molar-refractivity contribution in [3.63, 3.8) is 0 Å². The summed E-state index contributed by atoms with van der Waals surface area (Å²) in [5.41, 5.74) is 3.03. The molecule has 0 bridgehead atoms. The van der Waals surface area contributed by atoms with E-state index >= 15 is 0 Å². The standard InChI is InChI=1S/C29H33N5O3/c1-4-27(35)34-15-10-21(19-34)28-31-24-17-26(37-3)25(36-2)16-23(24)29(32-28)30-22-11-13-33(14-12-22)18-20-8-6-5-7-9-20/h4-10,16-17,22H,1,11-15,18-19H2,2-3H3,(H,30,31,32). The number of fused-ring (bicyclic) bond motifs is 1. The SMILES string of the molecule is C=CC(=O)N1CC=C(c2nc(NC3CCN(Cc4ccccc4)CC3)c3cc(OC)c(OC)cc3n2)C1. The summed E-state index contributed by atoms with van der Waals surface area (Å²) in [6.45, 7) is 7.59. The van der Waals surface area contributed by atoms with Gasteiger partial charge in [-0.2, -0.15) is 0 Å². The molecule has 0 saturated carbocycles. The maximum Gasteiger partial charge on any atom is 0.246 e. The number of anilines is 1. The minimum atomic E-state index is -0.0981. The molecule has 2 aliphatic rings. The molecule has 2 aliphatic heterocycles. The van der Waals surface area contributed by atoms with Gasteiger partial charge >= 0.3 is 0 Å². The van der Waals surface area contributed by atoms with Gasteiger partial charge in [-0.1, -0.05) is 43.0 Å². The number of carbonyl (C=O) groups excluding carboxylic acids is 1. The van der Waals surface area contributed by atoms with Gasteiger partial charge in [0.15, 0.2) is 17.3 Å². The molecule has 1 amide bonds. The lowest BCUT2D eigenvalue weighted by Gasteiger charge is -2.33. The van der Waals surface area contributed by atoms with Gasteiger partial charge in [0.05, 0.1) is 19.7 Å². The third kappa shape index (κ3) is 5.44.